The molecule has 2 amide bonds. The van der Waals surface area contributed by atoms with Crippen molar-refractivity contribution in [2.45, 2.75) is 44.9 Å². The Bertz CT molecular complexity index is 851. The number of carbonyl (C=O) groups is 4. The highest BCUT2D eigenvalue weighted by Gasteiger charge is 2.32. The predicted molar refractivity (Wildman–Crippen MR) is 103 cm³/mol. The summed E-state index contributed by atoms with van der Waals surface area (Å²) in [6.07, 6.45) is -0.0572. The zero-order chi connectivity index (χ0) is 23.2. The number of aromatic nitrogens is 1. The summed E-state index contributed by atoms with van der Waals surface area (Å²) in [6.45, 7) is 4.46. The molecule has 0 bridgehead atoms. The van der Waals surface area contributed by atoms with E-state index in [1.165, 1.54) is 19.4 Å². The van der Waals surface area contributed by atoms with Gasteiger partial charge >= 0.3 is 18.0 Å². The maximum absolute atomic E-state index is 12.5. The Morgan fingerprint density at radius 2 is 1.87 bits per heavy atom. The third-order valence-corrected chi connectivity index (χ3v) is 3.88. The molecule has 1 aliphatic rings. The molecular formula is C19H25N3O9. The fraction of sp³-hybridized carbons (Fsp3) is 0.526. The van der Waals surface area contributed by atoms with E-state index < -0.39 is 59.5 Å². The van der Waals surface area contributed by atoms with E-state index in [0.717, 1.165) is 0 Å². The van der Waals surface area contributed by atoms with Crippen LogP contribution in [-0.2, 0) is 23.8 Å². The second-order valence-electron chi connectivity index (χ2n) is 7.60. The number of cyclic esters (lactones) is 2. The van der Waals surface area contributed by atoms with Gasteiger partial charge in [-0.25, -0.2) is 14.6 Å². The largest absolute Gasteiger partial charge is 0.503 e. The minimum atomic E-state index is -1.40. The molecule has 3 N–H and O–H groups in total. The number of amides is 2. The number of nitrogens with one attached hydrogen (secondary N) is 2. The predicted octanol–water partition coefficient (Wildman–Crippen LogP) is 0.278. The van der Waals surface area contributed by atoms with Gasteiger partial charge in [0.15, 0.2) is 17.2 Å². The Hall–Kier alpha value is -3.57. The first-order chi connectivity index (χ1) is 14.5. The van der Waals surface area contributed by atoms with Gasteiger partial charge in [-0.2, -0.15) is 0 Å². The molecule has 0 spiro atoms. The molecule has 31 heavy (non-hydrogen) atoms. The summed E-state index contributed by atoms with van der Waals surface area (Å²) in [5.74, 6) is -3.17. The highest BCUT2D eigenvalue weighted by Crippen LogP contribution is 2.27. The van der Waals surface area contributed by atoms with Gasteiger partial charge in [0.25, 0.3) is 5.91 Å². The van der Waals surface area contributed by atoms with Gasteiger partial charge in [0.1, 0.15) is 30.9 Å². The van der Waals surface area contributed by atoms with Crippen LogP contribution >= 0.6 is 0 Å². The third-order valence-electron chi connectivity index (χ3n) is 3.88. The summed E-state index contributed by atoms with van der Waals surface area (Å²) in [6, 6.07) is -0.899. The molecule has 1 aromatic rings. The van der Waals surface area contributed by atoms with Crippen molar-refractivity contribution in [3.63, 3.8) is 0 Å². The van der Waals surface area contributed by atoms with E-state index in [1.807, 2.05) is 0 Å². The van der Waals surface area contributed by atoms with Gasteiger partial charge in [-0.3, -0.25) is 9.59 Å². The standard InChI is InChI=1S/C19H25N3O9/c1-19(2,3)31-18(27)21-10-8-29-13(23)7-11(17(26)30-9-10)22-16(25)14-15(24)12(28-4)5-6-20-14/h5-6,10-11,24H,7-9H2,1-4H3,(H,21,27)(H,22,25)/t10?,11-/m0/s1. The van der Waals surface area contributed by atoms with Crippen molar-refractivity contribution < 1.29 is 43.2 Å². The number of methoxy groups -OCH3 is 1. The zero-order valence-corrected chi connectivity index (χ0v) is 17.6. The lowest BCUT2D eigenvalue weighted by atomic mass is 10.2. The number of esters is 2. The van der Waals surface area contributed by atoms with E-state index >= 15 is 0 Å². The first-order valence-electron chi connectivity index (χ1n) is 9.34. The maximum Gasteiger partial charge on any atom is 0.408 e. The monoisotopic (exact) mass is 439 g/mol. The molecule has 0 aliphatic carbocycles. The summed E-state index contributed by atoms with van der Waals surface area (Å²) in [5, 5.41) is 14.8. The molecule has 0 aromatic carbocycles. The maximum atomic E-state index is 12.5. The number of carbonyl (C=O) groups excluding carboxylic acids is 4. The topological polar surface area (TPSA) is 162 Å². The highest BCUT2D eigenvalue weighted by atomic mass is 16.6. The normalized spacial score (nSPS) is 19.6. The molecular weight excluding hydrogens is 414 g/mol. The Morgan fingerprint density at radius 1 is 1.19 bits per heavy atom. The number of pyridine rings is 1. The Morgan fingerprint density at radius 3 is 2.52 bits per heavy atom. The minimum Gasteiger partial charge on any atom is -0.503 e. The van der Waals surface area contributed by atoms with Crippen LogP contribution in [0.25, 0.3) is 0 Å². The van der Waals surface area contributed by atoms with Crippen LogP contribution in [0.15, 0.2) is 12.3 Å². The summed E-state index contributed by atoms with van der Waals surface area (Å²) in [7, 11) is 1.30. The number of hydrogen-bond donors (Lipinski definition) is 3. The van der Waals surface area contributed by atoms with Crippen molar-refractivity contribution in [2.75, 3.05) is 20.3 Å². The minimum absolute atomic E-state index is 0.00709. The molecule has 1 aliphatic heterocycles. The Balaban J connectivity index is 2.06. The van der Waals surface area contributed by atoms with Crippen molar-refractivity contribution in [1.82, 2.24) is 15.6 Å². The average molecular weight is 439 g/mol. The van der Waals surface area contributed by atoms with Crippen molar-refractivity contribution in [3.8, 4) is 11.5 Å². The number of alkyl carbamates (subject to hydrolysis) is 1. The van der Waals surface area contributed by atoms with Gasteiger partial charge in [0.05, 0.1) is 13.5 Å². The molecule has 1 saturated heterocycles. The molecule has 170 valence electrons. The molecule has 2 rings (SSSR count). The van der Waals surface area contributed by atoms with Gasteiger partial charge < -0.3 is 34.7 Å². The van der Waals surface area contributed by atoms with E-state index in [2.05, 4.69) is 15.6 Å². The fourth-order valence-electron chi connectivity index (χ4n) is 2.50. The first-order valence-corrected chi connectivity index (χ1v) is 9.34. The molecule has 0 radical (unpaired) electrons. The fourth-order valence-corrected chi connectivity index (χ4v) is 2.50. The number of ether oxygens (including phenoxy) is 4. The van der Waals surface area contributed by atoms with Crippen LogP contribution in [0.1, 0.15) is 37.7 Å². The van der Waals surface area contributed by atoms with E-state index in [-0.39, 0.29) is 19.0 Å². The van der Waals surface area contributed by atoms with Crippen molar-refractivity contribution in [3.05, 3.63) is 18.0 Å². The first kappa shape index (κ1) is 23.7. The molecule has 0 saturated carbocycles. The SMILES string of the molecule is COc1ccnc(C(=O)N[C@H]2CC(=O)OCC(NC(=O)OC(C)(C)C)COC2=O)c1O. The molecule has 1 fully saturated rings. The van der Waals surface area contributed by atoms with Crippen LogP contribution in [0.3, 0.4) is 0 Å². The number of aromatic hydroxyl groups is 1. The van der Waals surface area contributed by atoms with E-state index in [1.54, 1.807) is 20.8 Å². The Labute approximate surface area is 178 Å². The number of rotatable bonds is 4. The van der Waals surface area contributed by atoms with Crippen LogP contribution in [0.4, 0.5) is 4.79 Å². The van der Waals surface area contributed by atoms with Crippen molar-refractivity contribution in [1.29, 1.82) is 0 Å². The molecule has 2 heterocycles. The quantitative estimate of drug-likeness (QED) is 0.439. The summed E-state index contributed by atoms with van der Waals surface area (Å²) in [5.41, 5.74) is -1.14. The van der Waals surface area contributed by atoms with Crippen LogP contribution in [-0.4, -0.2) is 72.0 Å². The smallest absolute Gasteiger partial charge is 0.408 e. The molecule has 1 unspecified atom stereocenters. The zero-order valence-electron chi connectivity index (χ0n) is 17.6. The third kappa shape index (κ3) is 7.01. The second kappa shape index (κ2) is 9.96. The average Bonchev–Trinajstić information content (AvgIpc) is 2.72. The van der Waals surface area contributed by atoms with Gasteiger partial charge in [-0.15, -0.1) is 0 Å². The summed E-state index contributed by atoms with van der Waals surface area (Å²) < 4.78 is 20.2. The lowest BCUT2D eigenvalue weighted by Crippen LogP contribution is -2.45. The second-order valence-corrected chi connectivity index (χ2v) is 7.60. The summed E-state index contributed by atoms with van der Waals surface area (Å²) >= 11 is 0. The number of nitrogens with zero attached hydrogens (tertiary/aromatic N) is 1. The van der Waals surface area contributed by atoms with Crippen molar-refractivity contribution >= 4 is 23.9 Å². The van der Waals surface area contributed by atoms with E-state index in [0.29, 0.717) is 0 Å². The van der Waals surface area contributed by atoms with E-state index in [4.69, 9.17) is 18.9 Å². The van der Waals surface area contributed by atoms with Gasteiger partial charge in [0.2, 0.25) is 0 Å². The van der Waals surface area contributed by atoms with Gasteiger partial charge in [-0.1, -0.05) is 0 Å². The Kier molecular flexibility index (Phi) is 7.61. The van der Waals surface area contributed by atoms with Crippen LogP contribution in [0, 0.1) is 0 Å². The van der Waals surface area contributed by atoms with Crippen LogP contribution in [0.5, 0.6) is 11.5 Å². The summed E-state index contributed by atoms with van der Waals surface area (Å²) in [4.78, 5) is 52.6. The lowest BCUT2D eigenvalue weighted by molar-refractivity contribution is -0.149. The highest BCUT2D eigenvalue weighted by molar-refractivity contribution is 5.98. The van der Waals surface area contributed by atoms with E-state index in [9.17, 15) is 24.3 Å². The van der Waals surface area contributed by atoms with Crippen LogP contribution in [0.2, 0.25) is 0 Å². The van der Waals surface area contributed by atoms with Crippen LogP contribution < -0.4 is 15.4 Å². The van der Waals surface area contributed by atoms with Crippen molar-refractivity contribution in [2.24, 2.45) is 0 Å². The molecule has 1 aromatic heterocycles. The van der Waals surface area contributed by atoms with Gasteiger partial charge in [0, 0.05) is 12.3 Å². The molecule has 12 heteroatoms. The molecule has 12 nitrogen and oxygen atoms in total. The molecule has 2 atom stereocenters. The van der Waals surface area contributed by atoms with Gasteiger partial charge in [-0.05, 0) is 20.8 Å². The lowest BCUT2D eigenvalue weighted by Gasteiger charge is -2.23. The number of hydrogen-bond acceptors (Lipinski definition) is 10.